The largest absolute Gasteiger partial charge is 0.554 e. The highest BCUT2D eigenvalue weighted by atomic mass is 32.1. The highest BCUT2D eigenvalue weighted by Crippen LogP contribution is 2.51. The minimum atomic E-state index is -0.500. The zero-order valence-corrected chi connectivity index (χ0v) is 17.1. The van der Waals surface area contributed by atoms with Crippen LogP contribution < -0.4 is 10.4 Å². The molecular formula is C21H24N2O5S. The predicted molar refractivity (Wildman–Crippen MR) is 107 cm³/mol. The summed E-state index contributed by atoms with van der Waals surface area (Å²) in [5.74, 6) is 0. The number of likely N-dealkylation sites (N-methyl/N-ethyl adjacent to an activating group) is 1. The second-order valence-corrected chi connectivity index (χ2v) is 9.02. The first-order valence-electron chi connectivity index (χ1n) is 9.60. The quantitative estimate of drug-likeness (QED) is 0.470. The van der Waals surface area contributed by atoms with Gasteiger partial charge < -0.3 is 23.9 Å². The highest BCUT2D eigenvalue weighted by molar-refractivity contribution is 7.13. The van der Waals surface area contributed by atoms with Crippen molar-refractivity contribution in [3.05, 3.63) is 41.8 Å². The summed E-state index contributed by atoms with van der Waals surface area (Å²) in [5.41, 5.74) is 1.82. The normalized spacial score (nSPS) is 30.3. The third kappa shape index (κ3) is 3.75. The molecule has 1 aromatic carbocycles. The fourth-order valence-corrected chi connectivity index (χ4v) is 5.60. The number of amides is 1. The number of hydrogen-bond acceptors (Lipinski definition) is 6. The zero-order valence-electron chi connectivity index (χ0n) is 16.3. The van der Waals surface area contributed by atoms with Gasteiger partial charge in [-0.05, 0) is 17.5 Å². The lowest BCUT2D eigenvalue weighted by molar-refractivity contribution is -0.938. The van der Waals surface area contributed by atoms with Gasteiger partial charge in [0.15, 0.2) is 0 Å². The second-order valence-electron chi connectivity index (χ2n) is 8.07. The van der Waals surface area contributed by atoms with Crippen molar-refractivity contribution in [1.29, 1.82) is 0 Å². The van der Waals surface area contributed by atoms with E-state index in [0.29, 0.717) is 24.3 Å². The number of rotatable bonds is 3. The van der Waals surface area contributed by atoms with Gasteiger partial charge in [0.05, 0.1) is 19.8 Å². The summed E-state index contributed by atoms with van der Waals surface area (Å²) in [7, 11) is 4.55. The lowest BCUT2D eigenvalue weighted by atomic mass is 9.96. The molecule has 0 radical (unpaired) electrons. The number of quaternary nitrogens is 1. The van der Waals surface area contributed by atoms with Crippen LogP contribution in [0.5, 0.6) is 0 Å². The molecule has 2 bridgehead atoms. The molecule has 1 unspecified atom stereocenters. The molecule has 0 spiro atoms. The molecule has 3 saturated heterocycles. The molecule has 3 aliphatic heterocycles. The van der Waals surface area contributed by atoms with Crippen molar-refractivity contribution < 1.29 is 28.7 Å². The lowest BCUT2D eigenvalue weighted by Gasteiger charge is -2.45. The lowest BCUT2D eigenvalue weighted by Crippen LogP contribution is -2.60. The molecule has 4 heterocycles. The van der Waals surface area contributed by atoms with Gasteiger partial charge in [-0.25, -0.2) is 4.79 Å². The van der Waals surface area contributed by atoms with Gasteiger partial charge >= 0.3 is 6.09 Å². The Morgan fingerprint density at radius 1 is 1.21 bits per heavy atom. The number of nitrogens with one attached hydrogen (secondary N) is 1. The van der Waals surface area contributed by atoms with Crippen molar-refractivity contribution >= 4 is 29.6 Å². The van der Waals surface area contributed by atoms with Crippen LogP contribution >= 0.6 is 11.3 Å². The number of carbonyl (C=O) groups excluding carboxylic acids is 2. The molecule has 5 atom stereocenters. The minimum Gasteiger partial charge on any atom is -0.554 e. The van der Waals surface area contributed by atoms with E-state index < -0.39 is 6.47 Å². The van der Waals surface area contributed by atoms with Crippen molar-refractivity contribution in [3.8, 4) is 10.4 Å². The first kappa shape index (κ1) is 19.9. The fraction of sp³-hybridized carbons (Fsp3) is 0.429. The first-order chi connectivity index (χ1) is 14.0. The standard InChI is InChI=1S/C20H22N2O3S.CH2O2/c1-22(2)15-10-12(11-16(22)19-18(15)25-19)24-20(23)21-14-7-4-3-6-13(14)17-8-5-9-26-17;2-1-3/h3-9,12,15-16,18-19H,10-11H2,1-2H3;1H,(H,2,3)/t12?,15-,16+,18-,19+;. The molecule has 3 aliphatic rings. The van der Waals surface area contributed by atoms with Gasteiger partial charge in [0.25, 0.3) is 0 Å². The van der Waals surface area contributed by atoms with Crippen LogP contribution in [0.15, 0.2) is 41.8 Å². The Morgan fingerprint density at radius 2 is 1.86 bits per heavy atom. The number of ether oxygens (including phenoxy) is 2. The number of epoxide rings is 1. The zero-order chi connectivity index (χ0) is 20.6. The van der Waals surface area contributed by atoms with Crippen LogP contribution in [0.1, 0.15) is 12.8 Å². The molecule has 8 heteroatoms. The highest BCUT2D eigenvalue weighted by Gasteiger charge is 2.70. The number of benzene rings is 1. The molecule has 3 fully saturated rings. The van der Waals surface area contributed by atoms with E-state index in [-0.39, 0.29) is 12.2 Å². The van der Waals surface area contributed by atoms with Gasteiger partial charge in [-0.15, -0.1) is 11.3 Å². The number of carbonyl (C=O) groups is 2. The number of hydrogen-bond donors (Lipinski definition) is 1. The van der Waals surface area contributed by atoms with E-state index in [1.807, 2.05) is 35.7 Å². The van der Waals surface area contributed by atoms with Gasteiger partial charge in [0, 0.05) is 29.8 Å². The van der Waals surface area contributed by atoms with E-state index in [4.69, 9.17) is 19.4 Å². The molecule has 154 valence electrons. The Bertz CT molecular complexity index is 865. The van der Waals surface area contributed by atoms with E-state index in [2.05, 4.69) is 25.5 Å². The molecule has 0 aliphatic carbocycles. The summed E-state index contributed by atoms with van der Waals surface area (Å²) in [6.45, 7) is -0.500. The Hall–Kier alpha value is -2.42. The Kier molecular flexibility index (Phi) is 5.33. The summed E-state index contributed by atoms with van der Waals surface area (Å²) < 4.78 is 12.6. The third-order valence-electron chi connectivity index (χ3n) is 6.26. The monoisotopic (exact) mass is 416 g/mol. The van der Waals surface area contributed by atoms with Crippen LogP contribution in [0, 0.1) is 0 Å². The topological polar surface area (TPSA) is 91.0 Å². The number of carboxylic acid groups (broad SMARTS) is 1. The van der Waals surface area contributed by atoms with Crippen molar-refractivity contribution in [2.75, 3.05) is 19.4 Å². The van der Waals surface area contributed by atoms with Crippen LogP contribution in [0.3, 0.4) is 0 Å². The molecule has 5 rings (SSSR count). The van der Waals surface area contributed by atoms with Crippen molar-refractivity contribution in [2.24, 2.45) is 0 Å². The molecular weight excluding hydrogens is 392 g/mol. The number of fused-ring (bicyclic) bond motifs is 5. The molecule has 29 heavy (non-hydrogen) atoms. The van der Waals surface area contributed by atoms with Crippen molar-refractivity contribution in [2.45, 2.75) is 43.2 Å². The third-order valence-corrected chi connectivity index (χ3v) is 7.17. The van der Waals surface area contributed by atoms with Gasteiger partial charge in [-0.1, -0.05) is 24.3 Å². The molecule has 1 aromatic heterocycles. The maximum absolute atomic E-state index is 12.5. The summed E-state index contributed by atoms with van der Waals surface area (Å²) in [4.78, 5) is 21.9. The van der Waals surface area contributed by atoms with E-state index in [0.717, 1.165) is 33.5 Å². The summed E-state index contributed by atoms with van der Waals surface area (Å²) in [6.07, 6.45) is 2.11. The number of nitrogens with zero attached hydrogens (tertiary/aromatic N) is 1. The maximum atomic E-state index is 12.5. The summed E-state index contributed by atoms with van der Waals surface area (Å²) in [6, 6.07) is 12.8. The summed E-state index contributed by atoms with van der Waals surface area (Å²) in [5, 5.41) is 13.2. The van der Waals surface area contributed by atoms with Crippen molar-refractivity contribution in [3.63, 3.8) is 0 Å². The van der Waals surface area contributed by atoms with Crippen LogP contribution in [0.2, 0.25) is 0 Å². The SMILES string of the molecule is C[N+]1(C)[C@@H]2CC(OC(=O)Nc3ccccc3-c3cccs3)C[C@H]1[C@@H]1O[C@@H]12.O=C[O-]. The van der Waals surface area contributed by atoms with Crippen molar-refractivity contribution in [1.82, 2.24) is 0 Å². The number of thiophene rings is 1. The Morgan fingerprint density at radius 3 is 2.48 bits per heavy atom. The van der Waals surface area contributed by atoms with Gasteiger partial charge in [-0.2, -0.15) is 0 Å². The van der Waals surface area contributed by atoms with Crippen LogP contribution in [0.4, 0.5) is 10.5 Å². The number of morpholine rings is 1. The van der Waals surface area contributed by atoms with Crippen LogP contribution in [-0.4, -0.2) is 61.5 Å². The Balaban J connectivity index is 0.000000645. The van der Waals surface area contributed by atoms with Crippen LogP contribution in [0.25, 0.3) is 10.4 Å². The van der Waals surface area contributed by atoms with Crippen LogP contribution in [-0.2, 0) is 14.3 Å². The number of anilines is 1. The fourth-order valence-electron chi connectivity index (χ4n) is 4.83. The van der Waals surface area contributed by atoms with Gasteiger partial charge in [0.2, 0.25) is 0 Å². The van der Waals surface area contributed by atoms with E-state index in [9.17, 15) is 4.79 Å². The van der Waals surface area contributed by atoms with E-state index >= 15 is 0 Å². The number of piperidine rings is 1. The first-order valence-corrected chi connectivity index (χ1v) is 10.5. The van der Waals surface area contributed by atoms with Gasteiger partial charge in [0.1, 0.15) is 30.4 Å². The van der Waals surface area contributed by atoms with E-state index in [1.54, 1.807) is 11.3 Å². The minimum absolute atomic E-state index is 0.0264. The predicted octanol–water partition coefficient (Wildman–Crippen LogP) is 2.09. The Labute approximate surface area is 173 Å². The summed E-state index contributed by atoms with van der Waals surface area (Å²) >= 11 is 1.66. The molecule has 7 nitrogen and oxygen atoms in total. The van der Waals surface area contributed by atoms with Gasteiger partial charge in [-0.3, -0.25) is 5.32 Å². The average Bonchev–Trinajstić information content (AvgIpc) is 3.23. The molecule has 2 aromatic rings. The number of para-hydroxylation sites is 1. The second kappa shape index (κ2) is 7.78. The molecule has 0 saturated carbocycles. The van der Waals surface area contributed by atoms with E-state index in [1.165, 1.54) is 0 Å². The smallest absolute Gasteiger partial charge is 0.411 e. The molecule has 1 N–H and O–H groups in total. The maximum Gasteiger partial charge on any atom is 0.411 e. The average molecular weight is 416 g/mol. The molecule has 1 amide bonds.